The summed E-state index contributed by atoms with van der Waals surface area (Å²) in [7, 11) is 2.10. The van der Waals surface area contributed by atoms with Gasteiger partial charge in [-0.3, -0.25) is 9.78 Å². The molecule has 0 radical (unpaired) electrons. The first-order valence-corrected chi connectivity index (χ1v) is 9.08. The van der Waals surface area contributed by atoms with Crippen LogP contribution >= 0.6 is 0 Å². The number of fused-ring (bicyclic) bond motifs is 1. The Hall–Kier alpha value is -1.98. The fraction of sp³-hybridized carbons (Fsp3) is 0.500. The van der Waals surface area contributed by atoms with Crippen molar-refractivity contribution in [2.75, 3.05) is 33.2 Å². The number of hydrogen-bond acceptors (Lipinski definition) is 4. The third-order valence-corrected chi connectivity index (χ3v) is 5.82. The number of amides is 1. The maximum absolute atomic E-state index is 13.1. The van der Waals surface area contributed by atoms with Gasteiger partial charge in [0.05, 0.1) is 11.6 Å². The molecule has 1 aromatic carbocycles. The van der Waals surface area contributed by atoms with Crippen molar-refractivity contribution in [1.82, 2.24) is 14.8 Å². The molecule has 1 spiro atoms. The van der Waals surface area contributed by atoms with Crippen LogP contribution in [0.25, 0.3) is 10.9 Å². The van der Waals surface area contributed by atoms with Crippen LogP contribution in [0.1, 0.15) is 29.6 Å². The minimum absolute atomic E-state index is 0.0604. The van der Waals surface area contributed by atoms with E-state index in [-0.39, 0.29) is 17.4 Å². The number of hydrogen-bond donors (Lipinski definition) is 1. The van der Waals surface area contributed by atoms with E-state index in [4.69, 9.17) is 0 Å². The molecule has 0 unspecified atom stereocenters. The summed E-state index contributed by atoms with van der Waals surface area (Å²) < 4.78 is 0. The van der Waals surface area contributed by atoms with Crippen molar-refractivity contribution in [3.8, 4) is 0 Å². The summed E-state index contributed by atoms with van der Waals surface area (Å²) in [4.78, 5) is 21.6. The lowest BCUT2D eigenvalue weighted by molar-refractivity contribution is -0.0731. The summed E-state index contributed by atoms with van der Waals surface area (Å²) in [5, 5.41) is 11.6. The number of rotatable bonds is 1. The van der Waals surface area contributed by atoms with E-state index in [9.17, 15) is 9.90 Å². The van der Waals surface area contributed by atoms with Crippen molar-refractivity contribution < 1.29 is 9.90 Å². The molecule has 2 saturated heterocycles. The Kier molecular flexibility index (Phi) is 4.21. The third-order valence-electron chi connectivity index (χ3n) is 5.82. The summed E-state index contributed by atoms with van der Waals surface area (Å²) in [6, 6.07) is 9.57. The van der Waals surface area contributed by atoms with Gasteiger partial charge < -0.3 is 14.9 Å². The first-order valence-electron chi connectivity index (χ1n) is 9.08. The second kappa shape index (κ2) is 6.39. The summed E-state index contributed by atoms with van der Waals surface area (Å²) >= 11 is 0. The molecule has 132 valence electrons. The van der Waals surface area contributed by atoms with Gasteiger partial charge in [-0.2, -0.15) is 0 Å². The molecule has 2 aromatic rings. The molecule has 5 nitrogen and oxygen atoms in total. The molecule has 2 fully saturated rings. The SMILES string of the molecule is CN1CC[C@H](O)[C@@]2(CCCN(C(=O)c3ccc4ncccc4c3)C2)C1. The highest BCUT2D eigenvalue weighted by molar-refractivity contribution is 5.98. The lowest BCUT2D eigenvalue weighted by atomic mass is 9.71. The molecule has 1 N–H and O–H groups in total. The van der Waals surface area contributed by atoms with Gasteiger partial charge in [-0.1, -0.05) is 6.07 Å². The van der Waals surface area contributed by atoms with Crippen LogP contribution in [0.2, 0.25) is 0 Å². The quantitative estimate of drug-likeness (QED) is 0.865. The maximum Gasteiger partial charge on any atom is 0.253 e. The van der Waals surface area contributed by atoms with Crippen LogP contribution in [0.15, 0.2) is 36.5 Å². The molecule has 2 aliphatic heterocycles. The highest BCUT2D eigenvalue weighted by Crippen LogP contribution is 2.38. The van der Waals surface area contributed by atoms with Crippen LogP contribution in [0.4, 0.5) is 0 Å². The van der Waals surface area contributed by atoms with Gasteiger partial charge >= 0.3 is 0 Å². The minimum Gasteiger partial charge on any atom is -0.392 e. The normalized spacial score (nSPS) is 27.8. The monoisotopic (exact) mass is 339 g/mol. The molecule has 4 rings (SSSR count). The molecule has 0 bridgehead atoms. The van der Waals surface area contributed by atoms with Gasteiger partial charge in [-0.25, -0.2) is 0 Å². The number of benzene rings is 1. The minimum atomic E-state index is -0.319. The molecule has 0 aliphatic carbocycles. The van der Waals surface area contributed by atoms with Crippen LogP contribution in [0.5, 0.6) is 0 Å². The number of carbonyl (C=O) groups is 1. The highest BCUT2D eigenvalue weighted by atomic mass is 16.3. The summed E-state index contributed by atoms with van der Waals surface area (Å²) in [6.45, 7) is 3.19. The van der Waals surface area contributed by atoms with E-state index in [1.54, 1.807) is 6.20 Å². The van der Waals surface area contributed by atoms with Gasteiger partial charge in [-0.15, -0.1) is 0 Å². The number of likely N-dealkylation sites (tertiary alicyclic amines) is 2. The van der Waals surface area contributed by atoms with E-state index >= 15 is 0 Å². The Morgan fingerprint density at radius 2 is 2.16 bits per heavy atom. The fourth-order valence-corrected chi connectivity index (χ4v) is 4.50. The Morgan fingerprint density at radius 3 is 3.04 bits per heavy atom. The molecule has 25 heavy (non-hydrogen) atoms. The first-order chi connectivity index (χ1) is 12.1. The molecule has 2 aliphatic rings. The zero-order chi connectivity index (χ0) is 17.4. The molecule has 0 saturated carbocycles. The zero-order valence-electron chi connectivity index (χ0n) is 14.7. The topological polar surface area (TPSA) is 56.7 Å². The number of aromatic nitrogens is 1. The third kappa shape index (κ3) is 3.02. The van der Waals surface area contributed by atoms with Gasteiger partial charge in [-0.05, 0) is 50.6 Å². The Labute approximate surface area is 148 Å². The van der Waals surface area contributed by atoms with Crippen LogP contribution in [0, 0.1) is 5.41 Å². The molecule has 5 heteroatoms. The molecule has 1 amide bonds. The largest absolute Gasteiger partial charge is 0.392 e. The van der Waals surface area contributed by atoms with Gasteiger partial charge in [0.15, 0.2) is 0 Å². The lowest BCUT2D eigenvalue weighted by Crippen LogP contribution is -2.59. The average Bonchev–Trinajstić information content (AvgIpc) is 2.64. The zero-order valence-corrected chi connectivity index (χ0v) is 14.7. The van der Waals surface area contributed by atoms with Crippen LogP contribution < -0.4 is 0 Å². The number of nitrogens with zero attached hydrogens (tertiary/aromatic N) is 3. The molecular formula is C20H25N3O2. The lowest BCUT2D eigenvalue weighted by Gasteiger charge is -2.50. The number of carbonyl (C=O) groups excluding carboxylic acids is 1. The maximum atomic E-state index is 13.1. The van der Waals surface area contributed by atoms with E-state index in [0.29, 0.717) is 12.1 Å². The van der Waals surface area contributed by atoms with Crippen molar-refractivity contribution in [1.29, 1.82) is 0 Å². The standard InChI is InChI=1S/C20H25N3O2/c1-22-11-7-18(24)20(13-22)8-3-10-23(14-20)19(25)16-5-6-17-15(12-16)4-2-9-21-17/h2,4-6,9,12,18,24H,3,7-8,10-11,13-14H2,1H3/t18-,20-/m0/s1. The van der Waals surface area contributed by atoms with E-state index in [1.807, 2.05) is 35.2 Å². The Bertz CT molecular complexity index is 793. The smallest absolute Gasteiger partial charge is 0.253 e. The highest BCUT2D eigenvalue weighted by Gasteiger charge is 2.45. The van der Waals surface area contributed by atoms with Crippen LogP contribution in [-0.4, -0.2) is 65.1 Å². The first kappa shape index (κ1) is 16.5. The van der Waals surface area contributed by atoms with Crippen LogP contribution in [0.3, 0.4) is 0 Å². The van der Waals surface area contributed by atoms with Gasteiger partial charge in [0, 0.05) is 48.7 Å². The number of piperidine rings is 2. The molecule has 1 aromatic heterocycles. The summed E-state index contributed by atoms with van der Waals surface area (Å²) in [6.07, 6.45) is 4.18. The predicted molar refractivity (Wildman–Crippen MR) is 97.4 cm³/mol. The van der Waals surface area contributed by atoms with E-state index in [2.05, 4.69) is 16.9 Å². The van der Waals surface area contributed by atoms with E-state index in [0.717, 1.165) is 49.8 Å². The fourth-order valence-electron chi connectivity index (χ4n) is 4.50. The van der Waals surface area contributed by atoms with Crippen molar-refractivity contribution in [2.45, 2.75) is 25.4 Å². The Morgan fingerprint density at radius 1 is 1.28 bits per heavy atom. The molecular weight excluding hydrogens is 314 g/mol. The number of aliphatic hydroxyl groups excluding tert-OH is 1. The van der Waals surface area contributed by atoms with Crippen molar-refractivity contribution in [3.05, 3.63) is 42.1 Å². The second-order valence-corrected chi connectivity index (χ2v) is 7.65. The molecule has 2 atom stereocenters. The Balaban J connectivity index is 1.58. The average molecular weight is 339 g/mol. The van der Waals surface area contributed by atoms with Crippen LogP contribution in [-0.2, 0) is 0 Å². The molecule has 3 heterocycles. The van der Waals surface area contributed by atoms with Gasteiger partial charge in [0.1, 0.15) is 0 Å². The van der Waals surface area contributed by atoms with Gasteiger partial charge in [0.2, 0.25) is 0 Å². The number of aliphatic hydroxyl groups is 1. The van der Waals surface area contributed by atoms with Gasteiger partial charge in [0.25, 0.3) is 5.91 Å². The van der Waals surface area contributed by atoms with Crippen molar-refractivity contribution in [2.24, 2.45) is 5.41 Å². The predicted octanol–water partition coefficient (Wildman–Crippen LogP) is 2.15. The van der Waals surface area contributed by atoms with E-state index in [1.165, 1.54) is 0 Å². The van der Waals surface area contributed by atoms with Crippen molar-refractivity contribution in [3.63, 3.8) is 0 Å². The van der Waals surface area contributed by atoms with E-state index < -0.39 is 0 Å². The van der Waals surface area contributed by atoms with Crippen molar-refractivity contribution >= 4 is 16.8 Å². The second-order valence-electron chi connectivity index (χ2n) is 7.65. The number of pyridine rings is 1. The summed E-state index contributed by atoms with van der Waals surface area (Å²) in [5.41, 5.74) is 1.42. The summed E-state index contributed by atoms with van der Waals surface area (Å²) in [5.74, 6) is 0.0604.